The second kappa shape index (κ2) is 6.74. The number of rotatable bonds is 4. The van der Waals surface area contributed by atoms with Crippen molar-refractivity contribution in [3.8, 4) is 5.75 Å². The van der Waals surface area contributed by atoms with E-state index in [2.05, 4.69) is 17.2 Å². The van der Waals surface area contributed by atoms with E-state index in [-0.39, 0.29) is 18.3 Å². The maximum atomic E-state index is 13.2. The summed E-state index contributed by atoms with van der Waals surface area (Å²) in [4.78, 5) is 4.14. The van der Waals surface area contributed by atoms with E-state index >= 15 is 0 Å². The molecule has 4 N–H and O–H groups in total. The molecule has 2 rings (SSSR count). The molecule has 0 bridgehead atoms. The minimum atomic E-state index is -0.663. The first-order valence-electron chi connectivity index (χ1n) is 6.71. The number of halogens is 1. The quantitative estimate of drug-likeness (QED) is 0.598. The van der Waals surface area contributed by atoms with E-state index in [9.17, 15) is 4.39 Å². The zero-order chi connectivity index (χ0) is 15.2. The first kappa shape index (κ1) is 14.8. The third-order valence-corrected chi connectivity index (χ3v) is 3.08. The third-order valence-electron chi connectivity index (χ3n) is 3.08. The van der Waals surface area contributed by atoms with Crippen LogP contribution in [0.25, 0.3) is 0 Å². The number of aliphatic imine (C=N–C) groups is 1. The van der Waals surface area contributed by atoms with Gasteiger partial charge in [-0.3, -0.25) is 0 Å². The Balaban J connectivity index is 1.98. The summed E-state index contributed by atoms with van der Waals surface area (Å²) in [6.45, 7) is 2.33. The van der Waals surface area contributed by atoms with E-state index in [1.807, 2.05) is 24.3 Å². The molecule has 0 aliphatic heterocycles. The van der Waals surface area contributed by atoms with Gasteiger partial charge in [0, 0.05) is 5.69 Å². The van der Waals surface area contributed by atoms with Gasteiger partial charge in [-0.05, 0) is 41.8 Å². The summed E-state index contributed by atoms with van der Waals surface area (Å²) < 4.78 is 13.2. The van der Waals surface area contributed by atoms with E-state index < -0.39 is 5.82 Å². The van der Waals surface area contributed by atoms with Crippen LogP contribution in [0.5, 0.6) is 5.75 Å². The van der Waals surface area contributed by atoms with E-state index in [1.54, 1.807) is 6.07 Å². The minimum Gasteiger partial charge on any atom is -0.505 e. The molecule has 0 radical (unpaired) electrons. The van der Waals surface area contributed by atoms with Crippen LogP contribution >= 0.6 is 0 Å². The predicted octanol–water partition coefficient (Wildman–Crippen LogP) is 3.02. The topological polar surface area (TPSA) is 70.6 Å². The van der Waals surface area contributed by atoms with E-state index in [0.29, 0.717) is 5.56 Å². The van der Waals surface area contributed by atoms with Crippen LogP contribution in [0.2, 0.25) is 0 Å². The molecule has 0 heterocycles. The van der Waals surface area contributed by atoms with Gasteiger partial charge in [0.25, 0.3) is 0 Å². The van der Waals surface area contributed by atoms with Gasteiger partial charge in [-0.25, -0.2) is 9.38 Å². The van der Waals surface area contributed by atoms with Gasteiger partial charge in [0.15, 0.2) is 17.5 Å². The molecule has 0 unspecified atom stereocenters. The first-order valence-corrected chi connectivity index (χ1v) is 6.71. The summed E-state index contributed by atoms with van der Waals surface area (Å²) in [5.41, 5.74) is 8.52. The van der Waals surface area contributed by atoms with Crippen LogP contribution < -0.4 is 11.1 Å². The molecule has 110 valence electrons. The Morgan fingerprint density at radius 2 is 1.86 bits per heavy atom. The number of benzene rings is 2. The number of nitrogens with one attached hydrogen (secondary N) is 1. The highest BCUT2D eigenvalue weighted by Crippen LogP contribution is 2.16. The maximum absolute atomic E-state index is 13.2. The summed E-state index contributed by atoms with van der Waals surface area (Å²) in [7, 11) is 0. The van der Waals surface area contributed by atoms with Crippen molar-refractivity contribution < 1.29 is 9.50 Å². The van der Waals surface area contributed by atoms with Gasteiger partial charge >= 0.3 is 0 Å². The van der Waals surface area contributed by atoms with Crippen molar-refractivity contribution in [3.63, 3.8) is 0 Å². The SMILES string of the molecule is CCc1ccc(NC(N)=NCc2ccc(O)c(F)c2)cc1. The molecule has 0 atom stereocenters. The normalized spacial score (nSPS) is 11.4. The summed E-state index contributed by atoms with van der Waals surface area (Å²) in [5, 5.41) is 12.1. The lowest BCUT2D eigenvalue weighted by molar-refractivity contribution is 0.432. The van der Waals surface area contributed by atoms with Crippen molar-refractivity contribution in [1.29, 1.82) is 0 Å². The van der Waals surface area contributed by atoms with Crippen LogP contribution in [0, 0.1) is 5.82 Å². The molecule has 4 nitrogen and oxygen atoms in total. The Hall–Kier alpha value is -2.56. The molecule has 21 heavy (non-hydrogen) atoms. The van der Waals surface area contributed by atoms with Gasteiger partial charge in [0.05, 0.1) is 6.54 Å². The highest BCUT2D eigenvalue weighted by atomic mass is 19.1. The van der Waals surface area contributed by atoms with Crippen molar-refractivity contribution in [2.75, 3.05) is 5.32 Å². The molecule has 0 aliphatic rings. The van der Waals surface area contributed by atoms with E-state index in [4.69, 9.17) is 10.8 Å². The molecular formula is C16H18FN3O. The van der Waals surface area contributed by atoms with Gasteiger partial charge in [-0.2, -0.15) is 0 Å². The van der Waals surface area contributed by atoms with Crippen molar-refractivity contribution >= 4 is 11.6 Å². The van der Waals surface area contributed by atoms with Gasteiger partial charge in [0.1, 0.15) is 0 Å². The Morgan fingerprint density at radius 1 is 1.19 bits per heavy atom. The van der Waals surface area contributed by atoms with Crippen molar-refractivity contribution in [2.45, 2.75) is 19.9 Å². The van der Waals surface area contributed by atoms with E-state index in [1.165, 1.54) is 17.7 Å². The van der Waals surface area contributed by atoms with Crippen LogP contribution in [-0.4, -0.2) is 11.1 Å². The molecule has 0 saturated carbocycles. The molecule has 0 fully saturated rings. The zero-order valence-electron chi connectivity index (χ0n) is 11.8. The average Bonchev–Trinajstić information content (AvgIpc) is 2.49. The molecule has 0 spiro atoms. The Labute approximate surface area is 123 Å². The Bertz CT molecular complexity index is 638. The van der Waals surface area contributed by atoms with Gasteiger partial charge in [0.2, 0.25) is 0 Å². The standard InChI is InChI=1S/C16H18FN3O/c1-2-11-3-6-13(7-4-11)20-16(18)19-10-12-5-8-15(21)14(17)9-12/h3-9,21H,2,10H2,1H3,(H3,18,19,20). The summed E-state index contributed by atoms with van der Waals surface area (Å²) in [5.74, 6) is -0.776. The smallest absolute Gasteiger partial charge is 0.193 e. The molecule has 0 aliphatic carbocycles. The predicted molar refractivity (Wildman–Crippen MR) is 82.8 cm³/mol. The highest BCUT2D eigenvalue weighted by molar-refractivity contribution is 5.92. The summed E-state index contributed by atoms with van der Waals surface area (Å²) >= 11 is 0. The van der Waals surface area contributed by atoms with Gasteiger partial charge in [-0.1, -0.05) is 25.1 Å². The van der Waals surface area contributed by atoms with Crippen LogP contribution in [0.1, 0.15) is 18.1 Å². The molecule has 2 aromatic carbocycles. The van der Waals surface area contributed by atoms with Crippen molar-refractivity contribution in [2.24, 2.45) is 10.7 Å². The van der Waals surface area contributed by atoms with Crippen molar-refractivity contribution in [3.05, 3.63) is 59.4 Å². The fourth-order valence-corrected chi connectivity index (χ4v) is 1.84. The number of guanidine groups is 1. The number of aromatic hydroxyl groups is 1. The number of hydrogen-bond acceptors (Lipinski definition) is 2. The lowest BCUT2D eigenvalue weighted by Crippen LogP contribution is -2.22. The highest BCUT2D eigenvalue weighted by Gasteiger charge is 2.01. The second-order valence-electron chi connectivity index (χ2n) is 4.66. The monoisotopic (exact) mass is 287 g/mol. The number of phenols is 1. The van der Waals surface area contributed by atoms with Crippen LogP contribution in [0.4, 0.5) is 10.1 Å². The molecule has 2 aromatic rings. The number of phenolic OH excluding ortho intramolecular Hbond substituents is 1. The Kier molecular flexibility index (Phi) is 4.77. The Morgan fingerprint density at radius 3 is 2.48 bits per heavy atom. The van der Waals surface area contributed by atoms with Crippen LogP contribution in [0.3, 0.4) is 0 Å². The first-order chi connectivity index (χ1) is 10.1. The van der Waals surface area contributed by atoms with Crippen molar-refractivity contribution in [1.82, 2.24) is 0 Å². The maximum Gasteiger partial charge on any atom is 0.193 e. The molecule has 0 aromatic heterocycles. The van der Waals surface area contributed by atoms with Crippen LogP contribution in [-0.2, 0) is 13.0 Å². The number of anilines is 1. The minimum absolute atomic E-state index is 0.239. The summed E-state index contributed by atoms with van der Waals surface area (Å²) in [6.07, 6.45) is 0.982. The molecule has 5 heteroatoms. The number of hydrogen-bond donors (Lipinski definition) is 3. The lowest BCUT2D eigenvalue weighted by atomic mass is 10.1. The number of nitrogens with two attached hydrogens (primary N) is 1. The van der Waals surface area contributed by atoms with Crippen LogP contribution in [0.15, 0.2) is 47.5 Å². The number of nitrogens with zero attached hydrogens (tertiary/aromatic N) is 1. The summed E-state index contributed by atoms with van der Waals surface area (Å²) in [6, 6.07) is 12.0. The molecule has 0 amide bonds. The van der Waals surface area contributed by atoms with Gasteiger partial charge in [-0.15, -0.1) is 0 Å². The molecular weight excluding hydrogens is 269 g/mol. The number of aryl methyl sites for hydroxylation is 1. The van der Waals surface area contributed by atoms with E-state index in [0.717, 1.165) is 12.1 Å². The van der Waals surface area contributed by atoms with Gasteiger partial charge < -0.3 is 16.2 Å². The lowest BCUT2D eigenvalue weighted by Gasteiger charge is -2.06. The largest absolute Gasteiger partial charge is 0.505 e. The fourth-order valence-electron chi connectivity index (χ4n) is 1.84. The second-order valence-corrected chi connectivity index (χ2v) is 4.66. The molecule has 0 saturated heterocycles. The zero-order valence-corrected chi connectivity index (χ0v) is 11.8. The third kappa shape index (κ3) is 4.21. The fraction of sp³-hybridized carbons (Fsp3) is 0.188. The average molecular weight is 287 g/mol.